The molecule has 0 aliphatic carbocycles. The van der Waals surface area contributed by atoms with Gasteiger partial charge in [0.1, 0.15) is 0 Å². The van der Waals surface area contributed by atoms with E-state index in [4.69, 9.17) is 5.11 Å². The molecule has 1 aliphatic heterocycles. The van der Waals surface area contributed by atoms with Crippen molar-refractivity contribution in [3.63, 3.8) is 0 Å². The largest absolute Gasteiger partial charge is 0.465 e. The number of likely N-dealkylation sites (tertiary alicyclic amines) is 1. The predicted octanol–water partition coefficient (Wildman–Crippen LogP) is 0.738. The lowest BCUT2D eigenvalue weighted by atomic mass is 10.0. The van der Waals surface area contributed by atoms with E-state index < -0.39 is 6.09 Å². The summed E-state index contributed by atoms with van der Waals surface area (Å²) in [5.74, 6) is 0. The molecule has 0 aromatic rings. The molecule has 1 atom stereocenters. The van der Waals surface area contributed by atoms with E-state index in [2.05, 4.69) is 5.32 Å². The number of hydrogen-bond acceptors (Lipinski definition) is 2. The van der Waals surface area contributed by atoms with Gasteiger partial charge in [0, 0.05) is 19.1 Å². The van der Waals surface area contributed by atoms with Gasteiger partial charge in [-0.2, -0.15) is 0 Å². The summed E-state index contributed by atoms with van der Waals surface area (Å²) >= 11 is 0. The Morgan fingerprint density at radius 3 is 3.00 bits per heavy atom. The molecule has 0 bridgehead atoms. The van der Waals surface area contributed by atoms with Gasteiger partial charge in [0.15, 0.2) is 0 Å². The zero-order valence-electron chi connectivity index (χ0n) is 7.42. The number of likely N-dealkylation sites (N-methyl/N-ethyl adjacent to an activating group) is 1. The molecule has 4 nitrogen and oxygen atoms in total. The first kappa shape index (κ1) is 9.32. The lowest BCUT2D eigenvalue weighted by Crippen LogP contribution is -2.47. The number of nitrogens with one attached hydrogen (secondary N) is 1. The van der Waals surface area contributed by atoms with E-state index in [9.17, 15) is 4.79 Å². The van der Waals surface area contributed by atoms with E-state index in [0.29, 0.717) is 6.54 Å². The maximum Gasteiger partial charge on any atom is 0.407 e. The van der Waals surface area contributed by atoms with Gasteiger partial charge in [-0.1, -0.05) is 0 Å². The van der Waals surface area contributed by atoms with Crippen molar-refractivity contribution in [2.45, 2.75) is 25.3 Å². The fourth-order valence-corrected chi connectivity index (χ4v) is 1.70. The molecule has 0 aromatic heterocycles. The standard InChI is InChI=1S/C8H16N2O2/c1-9-6-7-4-2-3-5-10(7)8(11)12/h7,9H,2-6H2,1H3,(H,11,12)/t7-/m0/s1. The number of rotatable bonds is 2. The zero-order chi connectivity index (χ0) is 8.97. The molecule has 1 rings (SSSR count). The van der Waals surface area contributed by atoms with Crippen LogP contribution in [0.15, 0.2) is 0 Å². The Morgan fingerprint density at radius 2 is 2.42 bits per heavy atom. The number of nitrogens with zero attached hydrogens (tertiary/aromatic N) is 1. The van der Waals surface area contributed by atoms with Crippen molar-refractivity contribution in [1.29, 1.82) is 0 Å². The van der Waals surface area contributed by atoms with Crippen LogP contribution >= 0.6 is 0 Å². The van der Waals surface area contributed by atoms with Crippen molar-refractivity contribution in [3.05, 3.63) is 0 Å². The lowest BCUT2D eigenvalue weighted by molar-refractivity contribution is 0.107. The number of carbonyl (C=O) groups is 1. The Morgan fingerprint density at radius 1 is 1.67 bits per heavy atom. The minimum Gasteiger partial charge on any atom is -0.465 e. The highest BCUT2D eigenvalue weighted by Crippen LogP contribution is 2.15. The topological polar surface area (TPSA) is 52.6 Å². The summed E-state index contributed by atoms with van der Waals surface area (Å²) in [6.45, 7) is 1.47. The molecule has 0 spiro atoms. The van der Waals surface area contributed by atoms with E-state index in [1.165, 1.54) is 0 Å². The van der Waals surface area contributed by atoms with Gasteiger partial charge in [0.25, 0.3) is 0 Å². The minimum atomic E-state index is -0.782. The summed E-state index contributed by atoms with van der Waals surface area (Å²) in [5, 5.41) is 11.9. The molecule has 2 N–H and O–H groups in total. The normalized spacial score (nSPS) is 24.1. The van der Waals surface area contributed by atoms with Crippen LogP contribution in [-0.2, 0) is 0 Å². The highest BCUT2D eigenvalue weighted by atomic mass is 16.4. The second-order valence-corrected chi connectivity index (χ2v) is 3.18. The van der Waals surface area contributed by atoms with Gasteiger partial charge < -0.3 is 15.3 Å². The zero-order valence-corrected chi connectivity index (χ0v) is 7.42. The minimum absolute atomic E-state index is 0.182. The Bertz CT molecular complexity index is 159. The third-order valence-corrected chi connectivity index (χ3v) is 2.31. The van der Waals surface area contributed by atoms with Crippen molar-refractivity contribution in [2.75, 3.05) is 20.1 Å². The van der Waals surface area contributed by atoms with Gasteiger partial charge in [0.2, 0.25) is 0 Å². The molecule has 0 saturated carbocycles. The molecule has 1 saturated heterocycles. The smallest absolute Gasteiger partial charge is 0.407 e. The van der Waals surface area contributed by atoms with Crippen LogP contribution in [0.1, 0.15) is 19.3 Å². The van der Waals surface area contributed by atoms with E-state index in [1.54, 1.807) is 4.90 Å². The highest BCUT2D eigenvalue weighted by molar-refractivity contribution is 5.65. The molecular weight excluding hydrogens is 156 g/mol. The SMILES string of the molecule is CNC[C@@H]1CCCCN1C(=O)O. The second kappa shape index (κ2) is 4.30. The van der Waals surface area contributed by atoms with Crippen LogP contribution in [0.2, 0.25) is 0 Å². The maximum absolute atomic E-state index is 10.7. The maximum atomic E-state index is 10.7. The van der Waals surface area contributed by atoms with E-state index in [0.717, 1.165) is 25.8 Å². The number of carboxylic acid groups (broad SMARTS) is 1. The molecule has 0 radical (unpaired) electrons. The lowest BCUT2D eigenvalue weighted by Gasteiger charge is -2.33. The van der Waals surface area contributed by atoms with Crippen molar-refractivity contribution in [2.24, 2.45) is 0 Å². The first-order chi connectivity index (χ1) is 5.75. The first-order valence-electron chi connectivity index (χ1n) is 4.40. The molecule has 4 heteroatoms. The third kappa shape index (κ3) is 2.11. The van der Waals surface area contributed by atoms with Crippen LogP contribution in [0.3, 0.4) is 0 Å². The Kier molecular flexibility index (Phi) is 3.34. The summed E-state index contributed by atoms with van der Waals surface area (Å²) in [6, 6.07) is 0.182. The molecule has 1 fully saturated rings. The van der Waals surface area contributed by atoms with Crippen LogP contribution in [0.4, 0.5) is 4.79 Å². The van der Waals surface area contributed by atoms with Gasteiger partial charge in [-0.15, -0.1) is 0 Å². The highest BCUT2D eigenvalue weighted by Gasteiger charge is 2.25. The van der Waals surface area contributed by atoms with Crippen molar-refractivity contribution < 1.29 is 9.90 Å². The van der Waals surface area contributed by atoms with E-state index >= 15 is 0 Å². The summed E-state index contributed by atoms with van der Waals surface area (Å²) in [6.07, 6.45) is 2.37. The van der Waals surface area contributed by atoms with Crippen molar-refractivity contribution >= 4 is 6.09 Å². The fraction of sp³-hybridized carbons (Fsp3) is 0.875. The van der Waals surface area contributed by atoms with Crippen LogP contribution < -0.4 is 5.32 Å². The van der Waals surface area contributed by atoms with Gasteiger partial charge in [-0.25, -0.2) is 4.79 Å². The Balaban J connectivity index is 2.48. The van der Waals surface area contributed by atoms with Crippen molar-refractivity contribution in [1.82, 2.24) is 10.2 Å². The second-order valence-electron chi connectivity index (χ2n) is 3.18. The average Bonchev–Trinajstić information content (AvgIpc) is 2.05. The Labute approximate surface area is 72.6 Å². The van der Waals surface area contributed by atoms with Gasteiger partial charge >= 0.3 is 6.09 Å². The molecule has 1 aliphatic rings. The van der Waals surface area contributed by atoms with E-state index in [-0.39, 0.29) is 6.04 Å². The first-order valence-corrected chi connectivity index (χ1v) is 4.40. The van der Waals surface area contributed by atoms with Crippen LogP contribution in [0.25, 0.3) is 0 Å². The molecule has 1 amide bonds. The quantitative estimate of drug-likeness (QED) is 0.646. The van der Waals surface area contributed by atoms with Crippen LogP contribution in [0.5, 0.6) is 0 Å². The van der Waals surface area contributed by atoms with Crippen LogP contribution in [0, 0.1) is 0 Å². The van der Waals surface area contributed by atoms with E-state index in [1.807, 2.05) is 7.05 Å². The number of hydrogen-bond donors (Lipinski definition) is 2. The summed E-state index contributed by atoms with van der Waals surface area (Å²) in [7, 11) is 1.86. The van der Waals surface area contributed by atoms with Crippen molar-refractivity contribution in [3.8, 4) is 0 Å². The summed E-state index contributed by atoms with van der Waals surface area (Å²) in [4.78, 5) is 12.3. The molecule has 12 heavy (non-hydrogen) atoms. The average molecular weight is 172 g/mol. The van der Waals surface area contributed by atoms with Gasteiger partial charge in [-0.3, -0.25) is 0 Å². The monoisotopic (exact) mass is 172 g/mol. The van der Waals surface area contributed by atoms with Gasteiger partial charge in [0.05, 0.1) is 0 Å². The summed E-state index contributed by atoms with van der Waals surface area (Å²) in [5.41, 5.74) is 0. The fourth-order valence-electron chi connectivity index (χ4n) is 1.70. The number of piperidine rings is 1. The summed E-state index contributed by atoms with van der Waals surface area (Å²) < 4.78 is 0. The molecule has 0 unspecified atom stereocenters. The molecule has 1 heterocycles. The molecular formula is C8H16N2O2. The Hall–Kier alpha value is -0.770. The number of amides is 1. The predicted molar refractivity (Wildman–Crippen MR) is 46.3 cm³/mol. The third-order valence-electron chi connectivity index (χ3n) is 2.31. The van der Waals surface area contributed by atoms with Crippen LogP contribution in [-0.4, -0.2) is 42.3 Å². The van der Waals surface area contributed by atoms with Gasteiger partial charge in [-0.05, 0) is 26.3 Å². The molecule has 70 valence electrons. The molecule has 0 aromatic carbocycles.